The minimum atomic E-state index is -0.0236. The van der Waals surface area contributed by atoms with Crippen LogP contribution in [0.4, 0.5) is 0 Å². The highest BCUT2D eigenvalue weighted by molar-refractivity contribution is 5.94. The Bertz CT molecular complexity index is 435. The molecule has 1 unspecified atom stereocenters. The number of aromatic nitrogens is 1. The third-order valence-corrected chi connectivity index (χ3v) is 3.34. The SMILES string of the molecule is COCCC1COCCN1C(=O)c1ccc(OC)nc1. The summed E-state index contributed by atoms with van der Waals surface area (Å²) in [4.78, 5) is 18.4. The van der Waals surface area contributed by atoms with Crippen molar-refractivity contribution in [2.24, 2.45) is 0 Å². The van der Waals surface area contributed by atoms with Gasteiger partial charge in [0.1, 0.15) is 0 Å². The molecule has 1 atom stereocenters. The number of rotatable bonds is 5. The summed E-state index contributed by atoms with van der Waals surface area (Å²) in [6.07, 6.45) is 2.32. The minimum absolute atomic E-state index is 0.0236. The normalized spacial score (nSPS) is 18.9. The van der Waals surface area contributed by atoms with Crippen LogP contribution >= 0.6 is 0 Å². The van der Waals surface area contributed by atoms with Crippen LogP contribution in [0.1, 0.15) is 16.8 Å². The van der Waals surface area contributed by atoms with Crippen LogP contribution in [0.5, 0.6) is 5.88 Å². The second-order valence-electron chi connectivity index (χ2n) is 4.60. The minimum Gasteiger partial charge on any atom is -0.481 e. The van der Waals surface area contributed by atoms with E-state index in [1.54, 1.807) is 32.5 Å². The van der Waals surface area contributed by atoms with Crippen molar-refractivity contribution in [1.29, 1.82) is 0 Å². The van der Waals surface area contributed by atoms with Gasteiger partial charge in [0, 0.05) is 32.5 Å². The van der Waals surface area contributed by atoms with Gasteiger partial charge < -0.3 is 19.1 Å². The summed E-state index contributed by atoms with van der Waals surface area (Å²) in [5.41, 5.74) is 0.565. The van der Waals surface area contributed by atoms with Crippen LogP contribution in [0.2, 0.25) is 0 Å². The van der Waals surface area contributed by atoms with Crippen molar-refractivity contribution < 1.29 is 19.0 Å². The first-order valence-electron chi connectivity index (χ1n) is 6.64. The van der Waals surface area contributed by atoms with Gasteiger partial charge in [-0.05, 0) is 12.5 Å². The van der Waals surface area contributed by atoms with Crippen LogP contribution in [0.25, 0.3) is 0 Å². The average molecular weight is 280 g/mol. The van der Waals surface area contributed by atoms with E-state index in [-0.39, 0.29) is 11.9 Å². The molecule has 1 aromatic rings. The lowest BCUT2D eigenvalue weighted by atomic mass is 10.1. The van der Waals surface area contributed by atoms with E-state index in [1.807, 2.05) is 4.90 Å². The molecule has 0 saturated carbocycles. The Morgan fingerprint density at radius 1 is 1.50 bits per heavy atom. The lowest BCUT2D eigenvalue weighted by Crippen LogP contribution is -2.49. The zero-order chi connectivity index (χ0) is 14.4. The number of morpholine rings is 1. The van der Waals surface area contributed by atoms with E-state index in [9.17, 15) is 4.79 Å². The largest absolute Gasteiger partial charge is 0.481 e. The average Bonchev–Trinajstić information content (AvgIpc) is 2.52. The van der Waals surface area contributed by atoms with Crippen LogP contribution in [-0.2, 0) is 9.47 Å². The van der Waals surface area contributed by atoms with E-state index in [0.717, 1.165) is 6.42 Å². The highest BCUT2D eigenvalue weighted by atomic mass is 16.5. The van der Waals surface area contributed by atoms with Gasteiger partial charge in [-0.25, -0.2) is 4.98 Å². The van der Waals surface area contributed by atoms with Crippen molar-refractivity contribution in [3.63, 3.8) is 0 Å². The standard InChI is InChI=1S/C14H20N2O4/c1-18-7-5-12-10-20-8-6-16(12)14(17)11-3-4-13(19-2)15-9-11/h3-4,9,12H,5-8,10H2,1-2H3. The first kappa shape index (κ1) is 14.7. The fraction of sp³-hybridized carbons (Fsp3) is 0.571. The van der Waals surface area contributed by atoms with Crippen molar-refractivity contribution in [2.45, 2.75) is 12.5 Å². The Morgan fingerprint density at radius 3 is 3.00 bits per heavy atom. The molecular formula is C14H20N2O4. The predicted octanol–water partition coefficient (Wildman–Crippen LogP) is 0.968. The molecule has 110 valence electrons. The van der Waals surface area contributed by atoms with E-state index < -0.39 is 0 Å². The molecule has 1 aliphatic rings. The predicted molar refractivity (Wildman–Crippen MR) is 72.9 cm³/mol. The summed E-state index contributed by atoms with van der Waals surface area (Å²) in [7, 11) is 3.20. The summed E-state index contributed by atoms with van der Waals surface area (Å²) >= 11 is 0. The van der Waals surface area contributed by atoms with Crippen LogP contribution < -0.4 is 4.74 Å². The van der Waals surface area contributed by atoms with Gasteiger partial charge in [0.2, 0.25) is 5.88 Å². The lowest BCUT2D eigenvalue weighted by molar-refractivity contribution is -0.0104. The van der Waals surface area contributed by atoms with Crippen LogP contribution in [0.3, 0.4) is 0 Å². The first-order valence-corrected chi connectivity index (χ1v) is 6.64. The maximum Gasteiger partial charge on any atom is 0.255 e. The van der Waals surface area contributed by atoms with Crippen molar-refractivity contribution in [3.05, 3.63) is 23.9 Å². The van der Waals surface area contributed by atoms with Crippen LogP contribution in [-0.4, -0.2) is 62.4 Å². The lowest BCUT2D eigenvalue weighted by Gasteiger charge is -2.35. The number of pyridine rings is 1. The van der Waals surface area contributed by atoms with E-state index in [0.29, 0.717) is 37.8 Å². The highest BCUT2D eigenvalue weighted by Gasteiger charge is 2.27. The third kappa shape index (κ3) is 3.46. The maximum absolute atomic E-state index is 12.5. The van der Waals surface area contributed by atoms with Crippen molar-refractivity contribution in [3.8, 4) is 5.88 Å². The van der Waals surface area contributed by atoms with Crippen molar-refractivity contribution in [1.82, 2.24) is 9.88 Å². The number of hydrogen-bond donors (Lipinski definition) is 0. The van der Waals surface area contributed by atoms with Crippen LogP contribution in [0.15, 0.2) is 18.3 Å². The number of ether oxygens (including phenoxy) is 3. The molecule has 1 fully saturated rings. The molecule has 2 heterocycles. The molecule has 0 aliphatic carbocycles. The topological polar surface area (TPSA) is 60.9 Å². The summed E-state index contributed by atoms with van der Waals surface area (Å²) in [6.45, 7) is 2.33. The number of amides is 1. The summed E-state index contributed by atoms with van der Waals surface area (Å²) in [5.74, 6) is 0.476. The molecule has 1 aliphatic heterocycles. The Kier molecular flexibility index (Phi) is 5.31. The molecule has 0 bridgehead atoms. The molecule has 6 heteroatoms. The number of carbonyl (C=O) groups is 1. The molecule has 1 saturated heterocycles. The molecule has 20 heavy (non-hydrogen) atoms. The smallest absolute Gasteiger partial charge is 0.255 e. The Labute approximate surface area is 118 Å². The van der Waals surface area contributed by atoms with Gasteiger partial charge in [-0.2, -0.15) is 0 Å². The molecule has 0 radical (unpaired) electrons. The Hall–Kier alpha value is -1.66. The Morgan fingerprint density at radius 2 is 2.35 bits per heavy atom. The molecule has 0 N–H and O–H groups in total. The monoisotopic (exact) mass is 280 g/mol. The van der Waals surface area contributed by atoms with Gasteiger partial charge in [0.15, 0.2) is 0 Å². The molecule has 1 amide bonds. The van der Waals surface area contributed by atoms with Gasteiger partial charge in [-0.3, -0.25) is 4.79 Å². The molecule has 2 rings (SSSR count). The molecule has 0 spiro atoms. The van der Waals surface area contributed by atoms with E-state index >= 15 is 0 Å². The second-order valence-corrected chi connectivity index (χ2v) is 4.60. The van der Waals surface area contributed by atoms with Gasteiger partial charge in [0.05, 0.1) is 31.9 Å². The van der Waals surface area contributed by atoms with Gasteiger partial charge in [0.25, 0.3) is 5.91 Å². The maximum atomic E-state index is 12.5. The quantitative estimate of drug-likeness (QED) is 0.804. The molecule has 6 nitrogen and oxygen atoms in total. The highest BCUT2D eigenvalue weighted by Crippen LogP contribution is 2.16. The zero-order valence-corrected chi connectivity index (χ0v) is 11.9. The van der Waals surface area contributed by atoms with E-state index in [2.05, 4.69) is 4.98 Å². The van der Waals surface area contributed by atoms with Gasteiger partial charge in [-0.1, -0.05) is 0 Å². The third-order valence-electron chi connectivity index (χ3n) is 3.34. The summed E-state index contributed by atoms with van der Waals surface area (Å²) in [5, 5.41) is 0. The fourth-order valence-corrected chi connectivity index (χ4v) is 2.21. The molecule has 1 aromatic heterocycles. The van der Waals surface area contributed by atoms with Crippen LogP contribution in [0, 0.1) is 0 Å². The van der Waals surface area contributed by atoms with Gasteiger partial charge in [-0.15, -0.1) is 0 Å². The molecule has 0 aromatic carbocycles. The van der Waals surface area contributed by atoms with Crippen molar-refractivity contribution >= 4 is 5.91 Å². The van der Waals surface area contributed by atoms with E-state index in [4.69, 9.17) is 14.2 Å². The zero-order valence-electron chi connectivity index (χ0n) is 11.9. The van der Waals surface area contributed by atoms with Gasteiger partial charge >= 0.3 is 0 Å². The summed E-state index contributed by atoms with van der Waals surface area (Å²) < 4.78 is 15.5. The number of hydrogen-bond acceptors (Lipinski definition) is 5. The number of methoxy groups -OCH3 is 2. The number of nitrogens with zero attached hydrogens (tertiary/aromatic N) is 2. The molecular weight excluding hydrogens is 260 g/mol. The van der Waals surface area contributed by atoms with E-state index in [1.165, 1.54) is 0 Å². The Balaban J connectivity index is 2.07. The first-order chi connectivity index (χ1) is 9.76. The van der Waals surface area contributed by atoms with Crippen molar-refractivity contribution in [2.75, 3.05) is 40.6 Å². The second kappa shape index (κ2) is 7.21. The summed E-state index contributed by atoms with van der Waals surface area (Å²) in [6, 6.07) is 3.48. The number of carbonyl (C=O) groups excluding carboxylic acids is 1. The fourth-order valence-electron chi connectivity index (χ4n) is 2.21.